The van der Waals surface area contributed by atoms with Crippen LogP contribution in [0.15, 0.2) is 73.8 Å². The maximum atomic E-state index is 14.9. The minimum Gasteiger partial charge on any atom is -0.461 e. The highest BCUT2D eigenvalue weighted by atomic mass is 35.5. The zero-order valence-electron chi connectivity index (χ0n) is 23.3. The third kappa shape index (κ3) is 4.60. The first kappa shape index (κ1) is 29.4. The average Bonchev–Trinajstić information content (AvgIpc) is 3.53. The summed E-state index contributed by atoms with van der Waals surface area (Å²) < 4.78 is 4.05. The van der Waals surface area contributed by atoms with Crippen molar-refractivity contribution in [3.8, 4) is 0 Å². The number of carbonyl (C=O) groups excluding carboxylic acids is 3. The maximum Gasteiger partial charge on any atom is 0.311 e. The number of hydrogen-bond donors (Lipinski definition) is 1. The van der Waals surface area contributed by atoms with Crippen molar-refractivity contribution in [2.45, 2.75) is 48.3 Å². The first-order chi connectivity index (χ1) is 19.6. The SMILES string of the molecule is C=CCOC(=O)[C@@H]1[C@H]2C(=O)N([C@H](CO)c3ccccc3)C(C(=O)N(CC=C)c3c(C)cccc3Cl)C23CC[C@@]1(C)S3. The lowest BCUT2D eigenvalue weighted by Gasteiger charge is -2.40. The van der Waals surface area contributed by atoms with Crippen LogP contribution in [0, 0.1) is 18.8 Å². The highest BCUT2D eigenvalue weighted by molar-refractivity contribution is 8.02. The maximum absolute atomic E-state index is 14.9. The van der Waals surface area contributed by atoms with Gasteiger partial charge in [0.1, 0.15) is 12.6 Å². The van der Waals surface area contributed by atoms with Gasteiger partial charge in [0.05, 0.1) is 39.9 Å². The highest BCUT2D eigenvalue weighted by Crippen LogP contribution is 2.72. The molecule has 3 heterocycles. The molecule has 2 aromatic carbocycles. The number of likely N-dealkylation sites (tertiary alicyclic amines) is 1. The van der Waals surface area contributed by atoms with E-state index >= 15 is 0 Å². The molecule has 5 rings (SSSR count). The Morgan fingerprint density at radius 2 is 1.93 bits per heavy atom. The molecule has 9 heteroatoms. The summed E-state index contributed by atoms with van der Waals surface area (Å²) in [6, 6.07) is 12.9. The molecule has 216 valence electrons. The number of anilines is 1. The first-order valence-electron chi connectivity index (χ1n) is 13.8. The number of ether oxygens (including phenoxy) is 1. The summed E-state index contributed by atoms with van der Waals surface area (Å²) in [5.74, 6) is -2.62. The van der Waals surface area contributed by atoms with Crippen LogP contribution >= 0.6 is 23.4 Å². The molecule has 0 saturated carbocycles. The van der Waals surface area contributed by atoms with Crippen molar-refractivity contribution in [2.75, 3.05) is 24.7 Å². The van der Waals surface area contributed by atoms with E-state index in [0.29, 0.717) is 29.1 Å². The number of fused-ring (bicyclic) bond motifs is 1. The van der Waals surface area contributed by atoms with Crippen molar-refractivity contribution in [1.29, 1.82) is 0 Å². The average molecular weight is 595 g/mol. The third-order valence-electron chi connectivity index (χ3n) is 8.78. The molecule has 6 atom stereocenters. The van der Waals surface area contributed by atoms with Crippen LogP contribution in [-0.4, -0.2) is 63.1 Å². The first-order valence-corrected chi connectivity index (χ1v) is 15.0. The number of para-hydroxylation sites is 1. The molecule has 3 aliphatic heterocycles. The molecule has 7 nitrogen and oxygen atoms in total. The van der Waals surface area contributed by atoms with Gasteiger partial charge in [-0.3, -0.25) is 14.4 Å². The van der Waals surface area contributed by atoms with E-state index in [1.165, 1.54) is 11.0 Å². The summed E-state index contributed by atoms with van der Waals surface area (Å²) in [7, 11) is 0. The van der Waals surface area contributed by atoms with Crippen LogP contribution in [0.3, 0.4) is 0 Å². The lowest BCUT2D eigenvalue weighted by Crippen LogP contribution is -2.56. The van der Waals surface area contributed by atoms with Gasteiger partial charge in [0.2, 0.25) is 5.91 Å². The molecule has 3 fully saturated rings. The van der Waals surface area contributed by atoms with Gasteiger partial charge in [0, 0.05) is 11.3 Å². The van der Waals surface area contributed by atoms with Gasteiger partial charge in [-0.25, -0.2) is 0 Å². The minimum atomic E-state index is -0.961. The number of aliphatic hydroxyl groups excluding tert-OH is 1. The number of benzene rings is 2. The number of amides is 2. The van der Waals surface area contributed by atoms with Crippen LogP contribution in [-0.2, 0) is 19.1 Å². The number of carbonyl (C=O) groups is 3. The second-order valence-corrected chi connectivity index (χ2v) is 13.4. The number of esters is 1. The van der Waals surface area contributed by atoms with Gasteiger partial charge in [-0.05, 0) is 43.9 Å². The smallest absolute Gasteiger partial charge is 0.311 e. The number of aryl methyl sites for hydroxylation is 1. The normalized spacial score (nSPS) is 28.7. The molecule has 2 unspecified atom stereocenters. The molecule has 1 N–H and O–H groups in total. The van der Waals surface area contributed by atoms with Crippen LogP contribution in [0.2, 0.25) is 5.02 Å². The summed E-state index contributed by atoms with van der Waals surface area (Å²) in [5.41, 5.74) is 2.07. The van der Waals surface area contributed by atoms with E-state index in [2.05, 4.69) is 13.2 Å². The Labute approximate surface area is 250 Å². The quantitative estimate of drug-likeness (QED) is 0.304. The Hall–Kier alpha value is -3.07. The van der Waals surface area contributed by atoms with Gasteiger partial charge in [-0.2, -0.15) is 0 Å². The lowest BCUT2D eigenvalue weighted by atomic mass is 9.66. The number of hydrogen-bond acceptors (Lipinski definition) is 6. The Bertz CT molecular complexity index is 1370. The number of thioether (sulfide) groups is 1. The van der Waals surface area contributed by atoms with Gasteiger partial charge in [0.25, 0.3) is 5.91 Å². The summed E-state index contributed by atoms with van der Waals surface area (Å²) in [5, 5.41) is 11.1. The van der Waals surface area contributed by atoms with E-state index in [4.69, 9.17) is 16.3 Å². The Morgan fingerprint density at radius 3 is 2.56 bits per heavy atom. The molecular weight excluding hydrogens is 560 g/mol. The zero-order valence-corrected chi connectivity index (χ0v) is 24.9. The molecule has 3 saturated heterocycles. The predicted molar refractivity (Wildman–Crippen MR) is 162 cm³/mol. The Morgan fingerprint density at radius 1 is 1.20 bits per heavy atom. The van der Waals surface area contributed by atoms with Crippen molar-refractivity contribution in [2.24, 2.45) is 11.8 Å². The van der Waals surface area contributed by atoms with E-state index < -0.39 is 39.4 Å². The summed E-state index contributed by atoms with van der Waals surface area (Å²) in [4.78, 5) is 46.1. The van der Waals surface area contributed by atoms with Crippen molar-refractivity contribution >= 4 is 46.8 Å². The molecule has 0 aliphatic carbocycles. The minimum absolute atomic E-state index is 0.0399. The second-order valence-electron chi connectivity index (χ2n) is 11.1. The fourth-order valence-electron chi connectivity index (χ4n) is 7.13. The molecule has 0 radical (unpaired) electrons. The summed E-state index contributed by atoms with van der Waals surface area (Å²) >= 11 is 8.21. The fourth-order valence-corrected chi connectivity index (χ4v) is 9.78. The van der Waals surface area contributed by atoms with Crippen LogP contribution < -0.4 is 4.90 Å². The van der Waals surface area contributed by atoms with E-state index in [1.807, 2.05) is 56.3 Å². The largest absolute Gasteiger partial charge is 0.461 e. The summed E-state index contributed by atoms with van der Waals surface area (Å²) in [6.07, 6.45) is 4.35. The second kappa shape index (κ2) is 11.3. The number of nitrogens with zero attached hydrogens (tertiary/aromatic N) is 2. The predicted octanol–water partition coefficient (Wildman–Crippen LogP) is 5.11. The van der Waals surface area contributed by atoms with Gasteiger partial charge in [-0.1, -0.05) is 72.8 Å². The van der Waals surface area contributed by atoms with Crippen LogP contribution in [0.1, 0.15) is 36.9 Å². The summed E-state index contributed by atoms with van der Waals surface area (Å²) in [6.45, 7) is 11.2. The molecule has 1 spiro atoms. The monoisotopic (exact) mass is 594 g/mol. The molecule has 0 aromatic heterocycles. The van der Waals surface area contributed by atoms with Gasteiger partial charge in [0.15, 0.2) is 0 Å². The molecular formula is C32H35ClN2O5S. The number of rotatable bonds is 10. The Balaban J connectivity index is 1.69. The highest BCUT2D eigenvalue weighted by Gasteiger charge is 2.78. The van der Waals surface area contributed by atoms with Crippen molar-refractivity contribution in [3.63, 3.8) is 0 Å². The molecule has 41 heavy (non-hydrogen) atoms. The van der Waals surface area contributed by atoms with E-state index in [0.717, 1.165) is 5.56 Å². The topological polar surface area (TPSA) is 87.1 Å². The lowest BCUT2D eigenvalue weighted by molar-refractivity contribution is -0.155. The van der Waals surface area contributed by atoms with E-state index in [1.54, 1.807) is 28.8 Å². The number of halogens is 1. The van der Waals surface area contributed by atoms with Gasteiger partial charge >= 0.3 is 5.97 Å². The van der Waals surface area contributed by atoms with Gasteiger partial charge in [-0.15, -0.1) is 18.3 Å². The standard InChI is InChI=1S/C32H35ClN2O5S/c1-5-17-34(26-20(3)11-10-14-22(26)33)29(38)27-32-16-15-31(4,41-32)25(30(39)40-18-6-2)24(32)28(37)35(27)23(19-36)21-12-8-7-9-13-21/h5-14,23-25,27,36H,1-2,15-19H2,3-4H3/t23-,24+,25+,27?,31-,32?/m1/s1. The van der Waals surface area contributed by atoms with Gasteiger partial charge < -0.3 is 19.6 Å². The molecule has 2 aromatic rings. The third-order valence-corrected chi connectivity index (χ3v) is 11.1. The van der Waals surface area contributed by atoms with Crippen molar-refractivity contribution in [1.82, 2.24) is 4.90 Å². The fraction of sp³-hybridized carbons (Fsp3) is 0.406. The van der Waals surface area contributed by atoms with Crippen molar-refractivity contribution < 1.29 is 24.2 Å². The van der Waals surface area contributed by atoms with E-state index in [9.17, 15) is 19.5 Å². The zero-order chi connectivity index (χ0) is 29.5. The number of aliphatic hydroxyl groups is 1. The van der Waals surface area contributed by atoms with Crippen LogP contribution in [0.5, 0.6) is 0 Å². The molecule has 2 bridgehead atoms. The molecule has 3 aliphatic rings. The Kier molecular flexibility index (Phi) is 8.12. The van der Waals surface area contributed by atoms with Crippen LogP contribution in [0.25, 0.3) is 0 Å². The van der Waals surface area contributed by atoms with Crippen molar-refractivity contribution in [3.05, 3.63) is 90.0 Å². The molecule has 2 amide bonds. The van der Waals surface area contributed by atoms with E-state index in [-0.39, 0.29) is 31.6 Å². The van der Waals surface area contributed by atoms with Crippen LogP contribution in [0.4, 0.5) is 5.69 Å².